The molecule has 0 fully saturated rings. The third kappa shape index (κ3) is 3.01. The molecule has 0 bridgehead atoms. The summed E-state index contributed by atoms with van der Waals surface area (Å²) in [4.78, 5) is 0. The molecule has 0 unspecified atom stereocenters. The first-order valence-corrected chi connectivity index (χ1v) is 5.62. The van der Waals surface area contributed by atoms with E-state index in [0.29, 0.717) is 11.3 Å². The molecule has 0 aliphatic heterocycles. The van der Waals surface area contributed by atoms with E-state index in [1.807, 2.05) is 6.92 Å². The van der Waals surface area contributed by atoms with Gasteiger partial charge in [0, 0.05) is 5.56 Å². The van der Waals surface area contributed by atoms with Crippen molar-refractivity contribution >= 4 is 5.84 Å². The van der Waals surface area contributed by atoms with Crippen LogP contribution in [-0.2, 0) is 0 Å². The molecule has 2 rings (SSSR count). The largest absolute Gasteiger partial charge is 0.454 e. The fraction of sp³-hybridized carbons (Fsp3) is 0.0714. The number of hydrogen-bond acceptors (Lipinski definition) is 3. The number of halogens is 1. The number of rotatable bonds is 3. The molecule has 3 N–H and O–H groups in total. The van der Waals surface area contributed by atoms with Gasteiger partial charge in [-0.2, -0.15) is 0 Å². The van der Waals surface area contributed by atoms with E-state index in [-0.39, 0.29) is 11.6 Å². The van der Waals surface area contributed by atoms with Crippen LogP contribution in [0.25, 0.3) is 0 Å². The molecule has 0 radical (unpaired) electrons. The van der Waals surface area contributed by atoms with Gasteiger partial charge in [0.2, 0.25) is 0 Å². The predicted molar refractivity (Wildman–Crippen MR) is 70.2 cm³/mol. The summed E-state index contributed by atoms with van der Waals surface area (Å²) >= 11 is 0. The lowest BCUT2D eigenvalue weighted by Gasteiger charge is -2.08. The van der Waals surface area contributed by atoms with Gasteiger partial charge in [0.05, 0.1) is 0 Å². The second-order valence-corrected chi connectivity index (χ2v) is 4.05. The Bertz CT molecular complexity index is 609. The van der Waals surface area contributed by atoms with Crippen LogP contribution in [0.5, 0.6) is 11.5 Å². The van der Waals surface area contributed by atoms with Crippen molar-refractivity contribution in [3.63, 3.8) is 0 Å². The van der Waals surface area contributed by atoms with E-state index < -0.39 is 5.82 Å². The SMILES string of the molecule is Cc1ccc(F)c(Oc2ccc(C(N)=NO)cc2)c1. The predicted octanol–water partition coefficient (Wildman–Crippen LogP) is 3.02. The van der Waals surface area contributed by atoms with E-state index in [9.17, 15) is 4.39 Å². The summed E-state index contributed by atoms with van der Waals surface area (Å²) in [5, 5.41) is 11.4. The van der Waals surface area contributed by atoms with Gasteiger partial charge in [-0.15, -0.1) is 0 Å². The number of oxime groups is 1. The molecule has 19 heavy (non-hydrogen) atoms. The maximum atomic E-state index is 13.5. The second kappa shape index (κ2) is 5.39. The summed E-state index contributed by atoms with van der Waals surface area (Å²) in [7, 11) is 0. The van der Waals surface area contributed by atoms with Crippen LogP contribution in [0.15, 0.2) is 47.6 Å². The highest BCUT2D eigenvalue weighted by Crippen LogP contribution is 2.25. The molecule has 2 aromatic rings. The first-order valence-electron chi connectivity index (χ1n) is 5.62. The van der Waals surface area contributed by atoms with E-state index in [2.05, 4.69) is 5.16 Å². The molecule has 4 nitrogen and oxygen atoms in total. The molecule has 0 aliphatic rings. The molecule has 0 saturated carbocycles. The van der Waals surface area contributed by atoms with Crippen molar-refractivity contribution in [3.05, 3.63) is 59.4 Å². The summed E-state index contributed by atoms with van der Waals surface area (Å²) in [6, 6.07) is 11.1. The van der Waals surface area contributed by atoms with Crippen molar-refractivity contribution in [2.24, 2.45) is 10.9 Å². The van der Waals surface area contributed by atoms with Crippen LogP contribution in [-0.4, -0.2) is 11.0 Å². The fourth-order valence-electron chi connectivity index (χ4n) is 1.57. The lowest BCUT2D eigenvalue weighted by molar-refractivity contribution is 0.318. The smallest absolute Gasteiger partial charge is 0.170 e. The van der Waals surface area contributed by atoms with E-state index in [1.54, 1.807) is 36.4 Å². The molecule has 2 aromatic carbocycles. The Labute approximate surface area is 109 Å². The highest BCUT2D eigenvalue weighted by molar-refractivity contribution is 5.97. The van der Waals surface area contributed by atoms with Crippen LogP contribution in [0.4, 0.5) is 4.39 Å². The molecular weight excluding hydrogens is 247 g/mol. The fourth-order valence-corrected chi connectivity index (χ4v) is 1.57. The second-order valence-electron chi connectivity index (χ2n) is 4.05. The minimum Gasteiger partial charge on any atom is -0.454 e. The molecule has 0 spiro atoms. The topological polar surface area (TPSA) is 67.8 Å². The molecule has 0 amide bonds. The van der Waals surface area contributed by atoms with Gasteiger partial charge in [0.15, 0.2) is 17.4 Å². The Hall–Kier alpha value is -2.56. The first kappa shape index (κ1) is 12.9. The molecule has 0 aromatic heterocycles. The highest BCUT2D eigenvalue weighted by atomic mass is 19.1. The summed E-state index contributed by atoms with van der Waals surface area (Å²) in [6.45, 7) is 1.85. The molecule has 0 heterocycles. The standard InChI is InChI=1S/C14H13FN2O2/c1-9-2-7-12(15)13(8-9)19-11-5-3-10(4-6-11)14(16)17-18/h2-8,18H,1H3,(H2,16,17). The minimum atomic E-state index is -0.425. The maximum absolute atomic E-state index is 13.5. The Morgan fingerprint density at radius 3 is 2.53 bits per heavy atom. The van der Waals surface area contributed by atoms with Crippen LogP contribution in [0.3, 0.4) is 0 Å². The van der Waals surface area contributed by atoms with E-state index in [4.69, 9.17) is 15.7 Å². The van der Waals surface area contributed by atoms with Crippen LogP contribution in [0.1, 0.15) is 11.1 Å². The monoisotopic (exact) mass is 260 g/mol. The van der Waals surface area contributed by atoms with Crippen molar-refractivity contribution < 1.29 is 14.3 Å². The van der Waals surface area contributed by atoms with Gasteiger partial charge in [0.25, 0.3) is 0 Å². The van der Waals surface area contributed by atoms with Gasteiger partial charge in [-0.1, -0.05) is 11.2 Å². The normalized spacial score (nSPS) is 11.4. The van der Waals surface area contributed by atoms with Crippen molar-refractivity contribution in [1.82, 2.24) is 0 Å². The molecule has 5 heteroatoms. The van der Waals surface area contributed by atoms with Gasteiger partial charge in [-0.3, -0.25) is 0 Å². The Kier molecular flexibility index (Phi) is 3.66. The van der Waals surface area contributed by atoms with Crippen LogP contribution in [0.2, 0.25) is 0 Å². The average molecular weight is 260 g/mol. The van der Waals surface area contributed by atoms with Crippen molar-refractivity contribution in [2.45, 2.75) is 6.92 Å². The first-order chi connectivity index (χ1) is 9.10. The Morgan fingerprint density at radius 1 is 1.21 bits per heavy atom. The maximum Gasteiger partial charge on any atom is 0.170 e. The number of benzene rings is 2. The minimum absolute atomic E-state index is 0.00767. The quantitative estimate of drug-likeness (QED) is 0.386. The van der Waals surface area contributed by atoms with Gasteiger partial charge < -0.3 is 15.7 Å². The summed E-state index contributed by atoms with van der Waals surface area (Å²) in [5.41, 5.74) is 6.90. The summed E-state index contributed by atoms with van der Waals surface area (Å²) in [5.74, 6) is 0.218. The van der Waals surface area contributed by atoms with Crippen molar-refractivity contribution in [2.75, 3.05) is 0 Å². The number of amidine groups is 1. The van der Waals surface area contributed by atoms with E-state index >= 15 is 0 Å². The molecule has 0 aliphatic carbocycles. The summed E-state index contributed by atoms with van der Waals surface area (Å²) in [6.07, 6.45) is 0. The van der Waals surface area contributed by atoms with Gasteiger partial charge >= 0.3 is 0 Å². The van der Waals surface area contributed by atoms with E-state index in [0.717, 1.165) is 5.56 Å². The van der Waals surface area contributed by atoms with Crippen LogP contribution in [0, 0.1) is 12.7 Å². The molecule has 0 atom stereocenters. The molecule has 0 saturated heterocycles. The lowest BCUT2D eigenvalue weighted by Crippen LogP contribution is -2.12. The number of aryl methyl sites for hydroxylation is 1. The molecular formula is C14H13FN2O2. The number of ether oxygens (including phenoxy) is 1. The Morgan fingerprint density at radius 2 is 1.89 bits per heavy atom. The number of hydrogen-bond donors (Lipinski definition) is 2. The third-order valence-electron chi connectivity index (χ3n) is 2.57. The number of nitrogens with zero attached hydrogens (tertiary/aromatic N) is 1. The highest BCUT2D eigenvalue weighted by Gasteiger charge is 2.05. The van der Waals surface area contributed by atoms with Gasteiger partial charge in [-0.05, 0) is 48.9 Å². The Balaban J connectivity index is 2.22. The average Bonchev–Trinajstić information content (AvgIpc) is 2.43. The zero-order valence-electron chi connectivity index (χ0n) is 10.3. The van der Waals surface area contributed by atoms with Crippen molar-refractivity contribution in [1.29, 1.82) is 0 Å². The summed E-state index contributed by atoms with van der Waals surface area (Å²) < 4.78 is 19.0. The zero-order chi connectivity index (χ0) is 13.8. The van der Waals surface area contributed by atoms with E-state index in [1.165, 1.54) is 6.07 Å². The van der Waals surface area contributed by atoms with Gasteiger partial charge in [-0.25, -0.2) is 4.39 Å². The van der Waals surface area contributed by atoms with Crippen molar-refractivity contribution in [3.8, 4) is 11.5 Å². The number of nitrogens with two attached hydrogens (primary N) is 1. The lowest BCUT2D eigenvalue weighted by atomic mass is 10.2. The van der Waals surface area contributed by atoms with Crippen LogP contribution >= 0.6 is 0 Å². The van der Waals surface area contributed by atoms with Gasteiger partial charge in [0.1, 0.15) is 5.75 Å². The third-order valence-corrected chi connectivity index (χ3v) is 2.57. The van der Waals surface area contributed by atoms with Crippen LogP contribution < -0.4 is 10.5 Å². The molecule has 98 valence electrons. The zero-order valence-corrected chi connectivity index (χ0v) is 10.3.